The lowest BCUT2D eigenvalue weighted by atomic mass is 9.85. The van der Waals surface area contributed by atoms with Gasteiger partial charge >= 0.3 is 0 Å². The summed E-state index contributed by atoms with van der Waals surface area (Å²) in [5.74, 6) is 0.332. The first kappa shape index (κ1) is 9.37. The fourth-order valence-electron chi connectivity index (χ4n) is 3.15. The summed E-state index contributed by atoms with van der Waals surface area (Å²) >= 11 is 0. The van der Waals surface area contributed by atoms with Crippen molar-refractivity contribution in [1.29, 1.82) is 0 Å². The Morgan fingerprint density at radius 2 is 1.33 bits per heavy atom. The topological polar surface area (TPSA) is 40.5 Å². The van der Waals surface area contributed by atoms with E-state index in [4.69, 9.17) is 0 Å². The highest BCUT2D eigenvalue weighted by Crippen LogP contribution is 2.53. The van der Waals surface area contributed by atoms with Gasteiger partial charge in [-0.1, -0.05) is 12.1 Å². The molecule has 15 heavy (non-hydrogen) atoms. The van der Waals surface area contributed by atoms with Gasteiger partial charge < -0.3 is 10.2 Å². The average Bonchev–Trinajstić information content (AvgIpc) is 2.67. The van der Waals surface area contributed by atoms with Gasteiger partial charge in [0.15, 0.2) is 0 Å². The van der Waals surface area contributed by atoms with Gasteiger partial charge in [-0.05, 0) is 42.5 Å². The lowest BCUT2D eigenvalue weighted by molar-refractivity contribution is 0.0216. The molecule has 1 fully saturated rings. The number of hydrogen-bond donors (Lipinski definition) is 2. The van der Waals surface area contributed by atoms with E-state index in [9.17, 15) is 10.2 Å². The molecule has 0 aliphatic heterocycles. The van der Waals surface area contributed by atoms with E-state index in [1.807, 2.05) is 0 Å². The molecule has 0 amide bonds. The summed E-state index contributed by atoms with van der Waals surface area (Å²) < 4.78 is 0. The third-order valence-electron chi connectivity index (χ3n) is 4.18. The molecular weight excluding hydrogens is 188 g/mol. The minimum absolute atomic E-state index is 0.166. The van der Waals surface area contributed by atoms with Crippen molar-refractivity contribution in [3.8, 4) is 0 Å². The molecule has 2 aliphatic carbocycles. The van der Waals surface area contributed by atoms with Crippen molar-refractivity contribution in [2.45, 2.75) is 44.3 Å². The Morgan fingerprint density at radius 1 is 0.933 bits per heavy atom. The minimum atomic E-state index is -0.551. The second kappa shape index (κ2) is 2.83. The molecule has 2 N–H and O–H groups in total. The van der Waals surface area contributed by atoms with Crippen molar-refractivity contribution in [3.63, 3.8) is 0 Å². The van der Waals surface area contributed by atoms with Crippen LogP contribution in [0.25, 0.3) is 0 Å². The predicted octanol–water partition coefficient (Wildman–Crippen LogP) is 1.61. The molecule has 2 aliphatic rings. The summed E-state index contributed by atoms with van der Waals surface area (Å²) in [4.78, 5) is 0. The standard InChI is InChI=1S/C13H16O2/c1-6-3-8-9(4-7(6)2)11-5-10(8)12(14)13(11)15/h3-4,10-15H,5H2,1-2H3/t10?,11?,12-,13+. The van der Waals surface area contributed by atoms with Gasteiger partial charge in [-0.15, -0.1) is 0 Å². The van der Waals surface area contributed by atoms with Crippen LogP contribution >= 0.6 is 0 Å². The van der Waals surface area contributed by atoms with Crippen LogP contribution in [0.1, 0.15) is 40.5 Å². The first-order valence-corrected chi connectivity index (χ1v) is 5.56. The molecule has 0 heterocycles. The zero-order chi connectivity index (χ0) is 10.7. The van der Waals surface area contributed by atoms with Gasteiger partial charge in [0, 0.05) is 11.8 Å². The summed E-state index contributed by atoms with van der Waals surface area (Å²) in [5.41, 5.74) is 5.09. The smallest absolute Gasteiger partial charge is 0.0873 e. The van der Waals surface area contributed by atoms with Crippen molar-refractivity contribution in [3.05, 3.63) is 34.4 Å². The van der Waals surface area contributed by atoms with Gasteiger partial charge in [-0.25, -0.2) is 0 Å². The summed E-state index contributed by atoms with van der Waals surface area (Å²) in [6.07, 6.45) is -0.185. The Balaban J connectivity index is 2.17. The lowest BCUT2D eigenvalue weighted by Gasteiger charge is -2.26. The van der Waals surface area contributed by atoms with Crippen LogP contribution < -0.4 is 0 Å². The molecule has 1 saturated carbocycles. The van der Waals surface area contributed by atoms with Crippen LogP contribution in [0.2, 0.25) is 0 Å². The number of aryl methyl sites for hydroxylation is 2. The Morgan fingerprint density at radius 3 is 1.73 bits per heavy atom. The number of aliphatic hydroxyl groups is 2. The molecule has 0 spiro atoms. The van der Waals surface area contributed by atoms with Gasteiger partial charge in [0.25, 0.3) is 0 Å². The summed E-state index contributed by atoms with van der Waals surface area (Å²) in [6, 6.07) is 4.37. The highest BCUT2D eigenvalue weighted by molar-refractivity contribution is 5.48. The van der Waals surface area contributed by atoms with Gasteiger partial charge in [-0.3, -0.25) is 0 Å². The summed E-state index contributed by atoms with van der Waals surface area (Å²) in [5, 5.41) is 19.7. The van der Waals surface area contributed by atoms with Crippen LogP contribution in [-0.2, 0) is 0 Å². The van der Waals surface area contributed by atoms with E-state index >= 15 is 0 Å². The normalized spacial score (nSPS) is 37.1. The molecule has 0 saturated heterocycles. The molecule has 4 atom stereocenters. The molecule has 80 valence electrons. The zero-order valence-corrected chi connectivity index (χ0v) is 9.07. The first-order valence-electron chi connectivity index (χ1n) is 5.56. The van der Waals surface area contributed by atoms with Gasteiger partial charge in [0.1, 0.15) is 0 Å². The SMILES string of the molecule is Cc1cc2c(cc1C)C1CC2[C@@H](O)[C@H]1O. The molecule has 2 unspecified atom stereocenters. The van der Waals surface area contributed by atoms with Crippen molar-refractivity contribution in [1.82, 2.24) is 0 Å². The fourth-order valence-corrected chi connectivity index (χ4v) is 3.15. The van der Waals surface area contributed by atoms with E-state index in [-0.39, 0.29) is 11.8 Å². The van der Waals surface area contributed by atoms with E-state index in [0.29, 0.717) is 0 Å². The van der Waals surface area contributed by atoms with Gasteiger partial charge in [0.05, 0.1) is 12.2 Å². The van der Waals surface area contributed by atoms with Crippen LogP contribution in [-0.4, -0.2) is 22.4 Å². The molecule has 1 aromatic rings. The number of fused-ring (bicyclic) bond motifs is 5. The third kappa shape index (κ3) is 1.06. The zero-order valence-electron chi connectivity index (χ0n) is 9.07. The minimum Gasteiger partial charge on any atom is -0.390 e. The van der Waals surface area contributed by atoms with Gasteiger partial charge in [-0.2, -0.15) is 0 Å². The fraction of sp³-hybridized carbons (Fsp3) is 0.538. The lowest BCUT2D eigenvalue weighted by Crippen LogP contribution is -2.31. The van der Waals surface area contributed by atoms with Crippen molar-refractivity contribution < 1.29 is 10.2 Å². The Hall–Kier alpha value is -0.860. The number of hydrogen-bond acceptors (Lipinski definition) is 2. The largest absolute Gasteiger partial charge is 0.390 e. The second-order valence-electron chi connectivity index (χ2n) is 5.00. The van der Waals surface area contributed by atoms with Crippen molar-refractivity contribution in [2.24, 2.45) is 0 Å². The molecule has 2 nitrogen and oxygen atoms in total. The van der Waals surface area contributed by atoms with Crippen LogP contribution in [0.3, 0.4) is 0 Å². The molecular formula is C13H16O2. The first-order chi connectivity index (χ1) is 7.09. The highest BCUT2D eigenvalue weighted by Gasteiger charge is 2.49. The molecule has 2 bridgehead atoms. The number of aliphatic hydroxyl groups excluding tert-OH is 2. The Labute approximate surface area is 89.6 Å². The molecule has 0 radical (unpaired) electrons. The summed E-state index contributed by atoms with van der Waals surface area (Å²) in [6.45, 7) is 4.20. The Bertz CT molecular complexity index is 386. The second-order valence-corrected chi connectivity index (χ2v) is 5.00. The molecule has 2 heteroatoms. The maximum Gasteiger partial charge on any atom is 0.0873 e. The monoisotopic (exact) mass is 204 g/mol. The van der Waals surface area contributed by atoms with Crippen LogP contribution in [0.15, 0.2) is 12.1 Å². The van der Waals surface area contributed by atoms with E-state index < -0.39 is 12.2 Å². The van der Waals surface area contributed by atoms with Crippen molar-refractivity contribution in [2.75, 3.05) is 0 Å². The van der Waals surface area contributed by atoms with Crippen LogP contribution in [0.4, 0.5) is 0 Å². The summed E-state index contributed by atoms with van der Waals surface area (Å²) in [7, 11) is 0. The maximum atomic E-state index is 9.84. The third-order valence-corrected chi connectivity index (χ3v) is 4.18. The highest BCUT2D eigenvalue weighted by atomic mass is 16.3. The van der Waals surface area contributed by atoms with Crippen molar-refractivity contribution >= 4 is 0 Å². The maximum absolute atomic E-state index is 9.84. The predicted molar refractivity (Wildman–Crippen MR) is 58.0 cm³/mol. The molecule has 0 aromatic heterocycles. The van der Waals surface area contributed by atoms with Gasteiger partial charge in [0.2, 0.25) is 0 Å². The van der Waals surface area contributed by atoms with Crippen LogP contribution in [0, 0.1) is 13.8 Å². The van der Waals surface area contributed by atoms with E-state index in [1.165, 1.54) is 22.3 Å². The van der Waals surface area contributed by atoms with Crippen LogP contribution in [0.5, 0.6) is 0 Å². The van der Waals surface area contributed by atoms with E-state index in [0.717, 1.165) is 6.42 Å². The Kier molecular flexibility index (Phi) is 1.77. The average molecular weight is 204 g/mol. The number of benzene rings is 1. The quantitative estimate of drug-likeness (QED) is 0.674. The van der Waals surface area contributed by atoms with E-state index in [2.05, 4.69) is 26.0 Å². The van der Waals surface area contributed by atoms with E-state index in [1.54, 1.807) is 0 Å². The molecule has 1 aromatic carbocycles. The molecule has 3 rings (SSSR count). The number of rotatable bonds is 0.